The van der Waals surface area contributed by atoms with Gasteiger partial charge in [0.15, 0.2) is 0 Å². The molecule has 1 aliphatic carbocycles. The molecular weight excluding hydrogens is 374 g/mol. The van der Waals surface area contributed by atoms with Crippen LogP contribution in [0.4, 0.5) is 0 Å². The summed E-state index contributed by atoms with van der Waals surface area (Å²) in [6, 6.07) is 4.12. The van der Waals surface area contributed by atoms with Crippen LogP contribution in [0.5, 0.6) is 5.75 Å². The Morgan fingerprint density at radius 2 is 1.95 bits per heavy atom. The Morgan fingerprint density at radius 3 is 2.37 bits per heavy atom. The van der Waals surface area contributed by atoms with Crippen molar-refractivity contribution in [3.8, 4) is 5.75 Å². The Labute approximate surface area is 131 Å². The highest BCUT2D eigenvalue weighted by Crippen LogP contribution is 2.36. The first-order chi connectivity index (χ1) is 9.10. The zero-order chi connectivity index (χ0) is 13.9. The van der Waals surface area contributed by atoms with Gasteiger partial charge in [0, 0.05) is 12.1 Å². The van der Waals surface area contributed by atoms with Crippen molar-refractivity contribution >= 4 is 31.9 Å². The number of halogens is 2. The molecule has 3 nitrogen and oxygen atoms in total. The molecule has 0 aliphatic heterocycles. The van der Waals surface area contributed by atoms with Gasteiger partial charge < -0.3 is 15.2 Å². The van der Waals surface area contributed by atoms with Crippen LogP contribution in [0.2, 0.25) is 0 Å². The summed E-state index contributed by atoms with van der Waals surface area (Å²) in [6.07, 6.45) is 3.32. The number of nitrogens with one attached hydrogen (secondary N) is 1. The normalized spacial score (nSPS) is 17.1. The second-order valence-corrected chi connectivity index (χ2v) is 6.68. The number of ether oxygens (including phenoxy) is 1. The van der Waals surface area contributed by atoms with Crippen molar-refractivity contribution in [2.75, 3.05) is 13.2 Å². The molecule has 1 fully saturated rings. The third-order valence-corrected chi connectivity index (χ3v) is 4.81. The SMILES string of the molecule is CCOc1c(Br)cc(CNC2(CO)CCC2)cc1Br. The van der Waals surface area contributed by atoms with Crippen LogP contribution in [0, 0.1) is 0 Å². The Balaban J connectivity index is 2.05. The minimum atomic E-state index is -0.0580. The largest absolute Gasteiger partial charge is 0.492 e. The topological polar surface area (TPSA) is 41.5 Å². The average molecular weight is 393 g/mol. The van der Waals surface area contributed by atoms with E-state index in [4.69, 9.17) is 4.74 Å². The molecule has 0 atom stereocenters. The number of aliphatic hydroxyl groups excluding tert-OH is 1. The Morgan fingerprint density at radius 1 is 1.32 bits per heavy atom. The molecule has 2 N–H and O–H groups in total. The highest BCUT2D eigenvalue weighted by atomic mass is 79.9. The second-order valence-electron chi connectivity index (χ2n) is 4.97. The summed E-state index contributed by atoms with van der Waals surface area (Å²) in [5.41, 5.74) is 1.11. The van der Waals surface area contributed by atoms with E-state index in [2.05, 4.69) is 49.3 Å². The Kier molecular flexibility index (Phi) is 5.29. The van der Waals surface area contributed by atoms with Gasteiger partial charge in [0.25, 0.3) is 0 Å². The van der Waals surface area contributed by atoms with Crippen molar-refractivity contribution in [1.82, 2.24) is 5.32 Å². The molecule has 2 rings (SSSR count). The predicted molar refractivity (Wildman–Crippen MR) is 83.5 cm³/mol. The van der Waals surface area contributed by atoms with Crippen LogP contribution in [-0.4, -0.2) is 23.9 Å². The molecule has 106 valence electrons. The summed E-state index contributed by atoms with van der Waals surface area (Å²) in [5, 5.41) is 12.9. The fraction of sp³-hybridized carbons (Fsp3) is 0.571. The predicted octanol–water partition coefficient (Wildman–Crippen LogP) is 3.61. The minimum absolute atomic E-state index is 0.0580. The minimum Gasteiger partial charge on any atom is -0.492 e. The van der Waals surface area contributed by atoms with Crippen LogP contribution in [0.3, 0.4) is 0 Å². The van der Waals surface area contributed by atoms with Crippen LogP contribution >= 0.6 is 31.9 Å². The molecule has 0 aromatic heterocycles. The zero-order valence-corrected chi connectivity index (χ0v) is 14.2. The number of benzene rings is 1. The van der Waals surface area contributed by atoms with Crippen molar-refractivity contribution in [3.05, 3.63) is 26.6 Å². The summed E-state index contributed by atoms with van der Waals surface area (Å²) in [7, 11) is 0. The highest BCUT2D eigenvalue weighted by molar-refractivity contribution is 9.11. The van der Waals surface area contributed by atoms with Gasteiger partial charge in [-0.15, -0.1) is 0 Å². The van der Waals surface area contributed by atoms with Crippen LogP contribution in [0.1, 0.15) is 31.7 Å². The van der Waals surface area contributed by atoms with Gasteiger partial charge in [-0.3, -0.25) is 0 Å². The second kappa shape index (κ2) is 6.57. The van der Waals surface area contributed by atoms with Gasteiger partial charge in [-0.25, -0.2) is 0 Å². The first kappa shape index (κ1) is 15.3. The number of aliphatic hydroxyl groups is 1. The molecule has 1 aromatic carbocycles. The van der Waals surface area contributed by atoms with Gasteiger partial charge in [-0.05, 0) is 75.7 Å². The van der Waals surface area contributed by atoms with E-state index in [1.54, 1.807) is 0 Å². The van der Waals surface area contributed by atoms with Gasteiger partial charge >= 0.3 is 0 Å². The quantitative estimate of drug-likeness (QED) is 0.776. The molecule has 0 spiro atoms. The van der Waals surface area contributed by atoms with Crippen molar-refractivity contribution in [1.29, 1.82) is 0 Å². The van der Waals surface area contributed by atoms with Crippen LogP contribution in [-0.2, 0) is 6.54 Å². The third-order valence-electron chi connectivity index (χ3n) is 3.63. The average Bonchev–Trinajstić information content (AvgIpc) is 2.33. The smallest absolute Gasteiger partial charge is 0.147 e. The Bertz CT molecular complexity index is 419. The fourth-order valence-corrected chi connectivity index (χ4v) is 3.79. The van der Waals surface area contributed by atoms with Crippen molar-refractivity contribution in [2.24, 2.45) is 0 Å². The van der Waals surface area contributed by atoms with E-state index in [0.29, 0.717) is 6.61 Å². The van der Waals surface area contributed by atoms with Gasteiger partial charge in [0.05, 0.1) is 22.2 Å². The molecule has 0 unspecified atom stereocenters. The van der Waals surface area contributed by atoms with Gasteiger partial charge in [0.1, 0.15) is 5.75 Å². The summed E-state index contributed by atoms with van der Waals surface area (Å²) in [6.45, 7) is 3.58. The molecule has 0 amide bonds. The van der Waals surface area contributed by atoms with Crippen LogP contribution in [0.15, 0.2) is 21.1 Å². The van der Waals surface area contributed by atoms with E-state index < -0.39 is 0 Å². The molecule has 5 heteroatoms. The van der Waals surface area contributed by atoms with E-state index in [9.17, 15) is 5.11 Å². The standard InChI is InChI=1S/C14H19Br2NO2/c1-2-19-13-11(15)6-10(7-12(13)16)8-17-14(9-18)4-3-5-14/h6-7,17-18H,2-5,8-9H2,1H3. The Hall–Kier alpha value is -0.100. The summed E-state index contributed by atoms with van der Waals surface area (Å²) in [4.78, 5) is 0. The molecule has 1 saturated carbocycles. The van der Waals surface area contributed by atoms with E-state index in [1.807, 2.05) is 6.92 Å². The molecule has 0 heterocycles. The van der Waals surface area contributed by atoms with Crippen LogP contribution < -0.4 is 10.1 Å². The summed E-state index contributed by atoms with van der Waals surface area (Å²) < 4.78 is 7.47. The van der Waals surface area contributed by atoms with Crippen molar-refractivity contribution in [3.63, 3.8) is 0 Å². The zero-order valence-electron chi connectivity index (χ0n) is 11.0. The van der Waals surface area contributed by atoms with Crippen molar-refractivity contribution in [2.45, 2.75) is 38.3 Å². The summed E-state index contributed by atoms with van der Waals surface area (Å²) >= 11 is 7.07. The van der Waals surface area contributed by atoms with Crippen LogP contribution in [0.25, 0.3) is 0 Å². The van der Waals surface area contributed by atoms with Gasteiger partial charge in [0.2, 0.25) is 0 Å². The van der Waals surface area contributed by atoms with E-state index in [0.717, 1.165) is 34.1 Å². The number of hydrogen-bond donors (Lipinski definition) is 2. The van der Waals surface area contributed by atoms with Gasteiger partial charge in [-0.2, -0.15) is 0 Å². The molecule has 0 saturated heterocycles. The first-order valence-electron chi connectivity index (χ1n) is 6.57. The first-order valence-corrected chi connectivity index (χ1v) is 8.15. The lowest BCUT2D eigenvalue weighted by atomic mass is 9.77. The van der Waals surface area contributed by atoms with E-state index in [1.165, 1.54) is 12.0 Å². The molecule has 0 bridgehead atoms. The maximum atomic E-state index is 9.44. The lowest BCUT2D eigenvalue weighted by molar-refractivity contribution is 0.0872. The molecule has 19 heavy (non-hydrogen) atoms. The van der Waals surface area contributed by atoms with Crippen molar-refractivity contribution < 1.29 is 9.84 Å². The lowest BCUT2D eigenvalue weighted by Crippen LogP contribution is -2.53. The third kappa shape index (κ3) is 3.51. The molecular formula is C14H19Br2NO2. The molecule has 1 aromatic rings. The molecule has 1 aliphatic rings. The van der Waals surface area contributed by atoms with Gasteiger partial charge in [-0.1, -0.05) is 0 Å². The number of rotatable bonds is 6. The lowest BCUT2D eigenvalue weighted by Gasteiger charge is -2.41. The fourth-order valence-electron chi connectivity index (χ4n) is 2.28. The summed E-state index contributed by atoms with van der Waals surface area (Å²) in [5.74, 6) is 0.840. The highest BCUT2D eigenvalue weighted by Gasteiger charge is 2.35. The monoisotopic (exact) mass is 391 g/mol. The van der Waals surface area contributed by atoms with E-state index >= 15 is 0 Å². The maximum Gasteiger partial charge on any atom is 0.147 e. The maximum absolute atomic E-state index is 9.44. The number of hydrogen-bond acceptors (Lipinski definition) is 3. The molecule has 0 radical (unpaired) electrons. The van der Waals surface area contributed by atoms with E-state index in [-0.39, 0.29) is 12.1 Å².